The Hall–Kier alpha value is 2.97. The van der Waals surface area contributed by atoms with E-state index in [9.17, 15) is 0 Å². The SMILES string of the molecule is [La].[O]=[Ni].[Sr]. The zero-order valence-corrected chi connectivity index (χ0v) is 10.1. The quantitative estimate of drug-likeness (QED) is 0.551. The van der Waals surface area contributed by atoms with Gasteiger partial charge in [0, 0.05) is 81.1 Å². The van der Waals surface area contributed by atoms with Crippen molar-refractivity contribution in [2.24, 2.45) is 0 Å². The molecule has 4 heteroatoms. The summed E-state index contributed by atoms with van der Waals surface area (Å²) in [5.41, 5.74) is 0. The average molecular weight is 301 g/mol. The molecule has 3 radical (unpaired) electrons. The van der Waals surface area contributed by atoms with E-state index in [1.807, 2.05) is 0 Å². The van der Waals surface area contributed by atoms with Crippen molar-refractivity contribution >= 4 is 45.5 Å². The fraction of sp³-hybridized carbons (Fsp3) is 0. The van der Waals surface area contributed by atoms with Gasteiger partial charge in [0.1, 0.15) is 0 Å². The van der Waals surface area contributed by atoms with Crippen LogP contribution < -0.4 is 0 Å². The molecule has 0 aliphatic carbocycles. The second kappa shape index (κ2) is 16.7. The molecule has 0 spiro atoms. The molecule has 0 atom stereocenters. The second-order valence-electron chi connectivity index (χ2n) is 0. The van der Waals surface area contributed by atoms with Gasteiger partial charge < -0.3 is 0 Å². The first-order valence-electron chi connectivity index (χ1n) is 0.129. The number of rotatable bonds is 0. The summed E-state index contributed by atoms with van der Waals surface area (Å²) in [5.74, 6) is 0. The molecule has 0 amide bonds. The van der Waals surface area contributed by atoms with Gasteiger partial charge in [0.2, 0.25) is 0 Å². The molecule has 4 heavy (non-hydrogen) atoms. The summed E-state index contributed by atoms with van der Waals surface area (Å²) < 4.78 is 7.88. The Morgan fingerprint density at radius 1 is 1.25 bits per heavy atom. The third-order valence-corrected chi connectivity index (χ3v) is 0. The van der Waals surface area contributed by atoms with Crippen LogP contribution in [0, 0.1) is 35.6 Å². The van der Waals surface area contributed by atoms with Gasteiger partial charge in [-0.15, -0.1) is 0 Å². The summed E-state index contributed by atoms with van der Waals surface area (Å²) in [6, 6.07) is 0. The summed E-state index contributed by atoms with van der Waals surface area (Å²) in [4.78, 5) is 0. The Balaban J connectivity index is -0.00000000500. The molecule has 0 fully saturated rings. The molecule has 1 nitrogen and oxygen atoms in total. The van der Waals surface area contributed by atoms with Crippen molar-refractivity contribution in [2.45, 2.75) is 0 Å². The van der Waals surface area contributed by atoms with Gasteiger partial charge in [-0.25, -0.2) is 0 Å². The molecule has 0 heterocycles. The minimum Gasteiger partial charge on any atom is 0 e. The molecule has 0 aromatic heterocycles. The molecule has 0 aromatic rings. The van der Waals surface area contributed by atoms with E-state index in [4.69, 9.17) is 3.90 Å². The number of hydrogen-bond acceptors (Lipinski definition) is 1. The fourth-order valence-electron chi connectivity index (χ4n) is 0. The molecule has 0 rings (SSSR count). The number of hydrogen-bond donors (Lipinski definition) is 0. The van der Waals surface area contributed by atoms with Crippen molar-refractivity contribution in [1.82, 2.24) is 0 Å². The third-order valence-electron chi connectivity index (χ3n) is 0. The largest absolute Gasteiger partial charge is 0 e. The van der Waals surface area contributed by atoms with Crippen LogP contribution in [0.4, 0.5) is 0 Å². The zero-order chi connectivity index (χ0) is 2.00. The van der Waals surface area contributed by atoms with E-state index in [1.54, 1.807) is 0 Å². The molecular formula is LaNiOSr. The molecule has 0 saturated heterocycles. The maximum absolute atomic E-state index is 7.88. The molecular weight excluding hydrogens is 301 g/mol. The molecule has 0 N–H and O–H groups in total. The summed E-state index contributed by atoms with van der Waals surface area (Å²) in [6.07, 6.45) is 0. The predicted molar refractivity (Wildman–Crippen MR) is 6.44 cm³/mol. The monoisotopic (exact) mass is 301 g/mol. The minimum absolute atomic E-state index is 0. The summed E-state index contributed by atoms with van der Waals surface area (Å²) in [7, 11) is 0. The zero-order valence-electron chi connectivity index (χ0n) is 2.01. The van der Waals surface area contributed by atoms with E-state index in [-0.39, 0.29) is 81.1 Å². The van der Waals surface area contributed by atoms with Crippen LogP contribution in [0.25, 0.3) is 0 Å². The van der Waals surface area contributed by atoms with Crippen LogP contribution in [0.3, 0.4) is 0 Å². The van der Waals surface area contributed by atoms with Crippen LogP contribution in [-0.4, -0.2) is 45.5 Å². The molecule has 0 unspecified atom stereocenters. The van der Waals surface area contributed by atoms with Crippen molar-refractivity contribution in [3.63, 3.8) is 0 Å². The molecule has 0 aromatic carbocycles. The standard InChI is InChI=1S/La.Ni.O.Sr. The Labute approximate surface area is 97.7 Å². The Morgan fingerprint density at radius 2 is 1.25 bits per heavy atom. The van der Waals surface area contributed by atoms with Crippen molar-refractivity contribution in [3.05, 3.63) is 0 Å². The van der Waals surface area contributed by atoms with Crippen molar-refractivity contribution in [3.8, 4) is 0 Å². The summed E-state index contributed by atoms with van der Waals surface area (Å²) >= 11 is 2.62. The van der Waals surface area contributed by atoms with Gasteiger partial charge in [-0.05, 0) is 0 Å². The van der Waals surface area contributed by atoms with Crippen LogP contribution in [0.5, 0.6) is 0 Å². The Morgan fingerprint density at radius 3 is 1.25 bits per heavy atom. The maximum atomic E-state index is 7.88. The predicted octanol–water partition coefficient (Wildman–Crippen LogP) is -0.502. The average Bonchev–Trinajstić information content (AvgIpc) is 1.00. The summed E-state index contributed by atoms with van der Waals surface area (Å²) in [6.45, 7) is 0. The first-order chi connectivity index (χ1) is 1.00. The van der Waals surface area contributed by atoms with Crippen LogP contribution in [0.1, 0.15) is 0 Å². The van der Waals surface area contributed by atoms with Crippen LogP contribution in [-0.2, 0) is 19.3 Å². The van der Waals surface area contributed by atoms with Crippen LogP contribution in [0.15, 0.2) is 0 Å². The minimum atomic E-state index is 0. The Kier molecular flexibility index (Phi) is 65.9. The second-order valence-corrected chi connectivity index (χ2v) is 0. The van der Waals surface area contributed by atoms with E-state index in [0.717, 1.165) is 0 Å². The van der Waals surface area contributed by atoms with E-state index >= 15 is 0 Å². The van der Waals surface area contributed by atoms with Gasteiger partial charge in [0.15, 0.2) is 0 Å². The fourth-order valence-corrected chi connectivity index (χ4v) is 0. The molecule has 0 aliphatic rings. The molecule has 21 valence electrons. The molecule has 0 aliphatic heterocycles. The van der Waals surface area contributed by atoms with Gasteiger partial charge in [0.25, 0.3) is 0 Å². The molecule has 0 saturated carbocycles. The topological polar surface area (TPSA) is 17.1 Å². The van der Waals surface area contributed by atoms with Crippen molar-refractivity contribution < 1.29 is 54.9 Å². The maximum Gasteiger partial charge on any atom is 0 e. The van der Waals surface area contributed by atoms with Gasteiger partial charge in [-0.3, -0.25) is 0 Å². The van der Waals surface area contributed by atoms with Crippen LogP contribution >= 0.6 is 0 Å². The van der Waals surface area contributed by atoms with Crippen LogP contribution in [0.2, 0.25) is 0 Å². The first kappa shape index (κ1) is 15.8. The van der Waals surface area contributed by atoms with Crippen molar-refractivity contribution in [2.75, 3.05) is 0 Å². The van der Waals surface area contributed by atoms with Gasteiger partial charge >= 0.3 is 19.3 Å². The Bertz CT molecular complexity index is 8.00. The van der Waals surface area contributed by atoms with Crippen molar-refractivity contribution in [1.29, 1.82) is 0 Å². The normalized spacial score (nSPS) is 1.50. The van der Waals surface area contributed by atoms with E-state index < -0.39 is 0 Å². The van der Waals surface area contributed by atoms with E-state index in [2.05, 4.69) is 15.4 Å². The summed E-state index contributed by atoms with van der Waals surface area (Å²) in [5, 5.41) is 0. The molecule has 0 bridgehead atoms. The van der Waals surface area contributed by atoms with E-state index in [1.165, 1.54) is 0 Å². The smallest absolute Gasteiger partial charge is 0 e. The third kappa shape index (κ3) is 8.88. The first-order valence-corrected chi connectivity index (χ1v) is 0.532. The van der Waals surface area contributed by atoms with E-state index in [0.29, 0.717) is 0 Å². The van der Waals surface area contributed by atoms with Gasteiger partial charge in [-0.1, -0.05) is 0 Å². The van der Waals surface area contributed by atoms with Gasteiger partial charge in [-0.2, -0.15) is 0 Å². The van der Waals surface area contributed by atoms with Gasteiger partial charge in [0.05, 0.1) is 0 Å².